The van der Waals surface area contributed by atoms with E-state index in [0.29, 0.717) is 148 Å². The molecule has 128 heavy (non-hydrogen) atoms. The van der Waals surface area contributed by atoms with Crippen molar-refractivity contribution in [2.45, 2.75) is 163 Å². The van der Waals surface area contributed by atoms with E-state index in [9.17, 15) is 53.1 Å². The fourth-order valence-corrected chi connectivity index (χ4v) is 15.9. The van der Waals surface area contributed by atoms with Crippen LogP contribution in [0.25, 0.3) is 0 Å². The third-order valence-electron chi connectivity index (χ3n) is 21.7. The summed E-state index contributed by atoms with van der Waals surface area (Å²) in [5, 5.41) is 63.8. The number of carbonyl (C=O) groups is 8. The second kappa shape index (κ2) is 50.5. The molecule has 6 aliphatic rings. The number of isocyanates is 1. The number of anilines is 5. The molecule has 4 heterocycles. The van der Waals surface area contributed by atoms with Crippen LogP contribution in [-0.4, -0.2) is 139 Å². The van der Waals surface area contributed by atoms with E-state index in [2.05, 4.69) is 58.6 Å². The first-order valence-electron chi connectivity index (χ1n) is 40.7. The molecule has 8 aromatic carbocycles. The molecule has 0 radical (unpaired) electrons. The normalized spacial score (nSPS) is 17.5. The van der Waals surface area contributed by atoms with E-state index in [1.807, 2.05) is 32.9 Å². The molecule has 2 unspecified atom stereocenters. The van der Waals surface area contributed by atoms with Gasteiger partial charge in [-0.2, -0.15) is 15.5 Å². The maximum atomic E-state index is 15.4. The van der Waals surface area contributed by atoms with Crippen LogP contribution in [0.3, 0.4) is 0 Å². The average Bonchev–Trinajstić information content (AvgIpc) is 1.00. The number of carboxylic acids is 2. The van der Waals surface area contributed by atoms with Crippen LogP contribution in [0.1, 0.15) is 157 Å². The number of nitrogens with one attached hydrogen (secondary N) is 7. The van der Waals surface area contributed by atoms with E-state index in [-0.39, 0.29) is 71.9 Å². The van der Waals surface area contributed by atoms with Crippen molar-refractivity contribution in [1.29, 1.82) is 10.5 Å². The van der Waals surface area contributed by atoms with Crippen molar-refractivity contribution in [2.24, 2.45) is 22.6 Å². The predicted octanol–water partition coefficient (Wildman–Crippen LogP) is 14.3. The summed E-state index contributed by atoms with van der Waals surface area (Å²) in [6.07, 6.45) is 14.1. The SMILES string of the molecule is CC(C)(C)[S@@](=O)NC(CCC1CC1)(c1cccc(C#N)c1)c1ccc(F)c(NC(=O)[C@H]2CCCN2C(=O)Nc2ccc(Cl)cc2)c1.Cl.N#Cc1cccc(C(N)(CCC2CC2)c2ccc(F)c(NC(=O)[C@H]3CCCN3C(=O)Nc3ccc(Cl)cc3)c2)c1.O=C(O)[C@H]1CCCN1.O=C(O)[C@H]1CCCN1C(=O)Nc1ccc(Cl)cc1.O=C=Nc1ccc(Cl)cc1.O=CO[O-].[Na+]. The van der Waals surface area contributed by atoms with Crippen LogP contribution in [0, 0.1) is 46.1 Å². The predicted molar refractivity (Wildman–Crippen MR) is 484 cm³/mol. The second-order valence-electron chi connectivity index (χ2n) is 31.6. The van der Waals surface area contributed by atoms with Crippen molar-refractivity contribution in [1.82, 2.24) is 24.7 Å². The molecule has 4 aliphatic heterocycles. The molecule has 37 heteroatoms. The topological polar surface area (TPSA) is 423 Å². The molecular weight excluding hydrogens is 1780 g/mol. The van der Waals surface area contributed by atoms with E-state index in [4.69, 9.17) is 72.4 Å². The van der Waals surface area contributed by atoms with E-state index >= 15 is 8.78 Å². The molecule has 8 amide bonds. The molecule has 0 bridgehead atoms. The quantitative estimate of drug-likeness (QED) is 0.00710. The Kier molecular flexibility index (Phi) is 41.3. The molecular formula is C91H98Cl5F2N14NaO14S. The van der Waals surface area contributed by atoms with Gasteiger partial charge in [-0.3, -0.25) is 19.2 Å². The molecule has 672 valence electrons. The Balaban J connectivity index is 0.000000244. The average molecular weight is 1880 g/mol. The summed E-state index contributed by atoms with van der Waals surface area (Å²) in [5.41, 5.74) is 11.0. The van der Waals surface area contributed by atoms with Gasteiger partial charge in [-0.1, -0.05) is 108 Å². The van der Waals surface area contributed by atoms with Gasteiger partial charge in [0, 0.05) is 56.8 Å². The van der Waals surface area contributed by atoms with Gasteiger partial charge >= 0.3 is 59.6 Å². The number of nitriles is 2. The number of carboxylic acid groups (broad SMARTS) is 2. The molecule has 7 atom stereocenters. The van der Waals surface area contributed by atoms with Crippen LogP contribution in [0.4, 0.5) is 57.3 Å². The van der Waals surface area contributed by atoms with Crippen molar-refractivity contribution in [3.05, 3.63) is 247 Å². The fraction of sp³-hybridized carbons (Fsp3) is 0.352. The Morgan fingerprint density at radius 3 is 1.32 bits per heavy atom. The maximum absolute atomic E-state index is 15.4. The number of benzene rings is 8. The van der Waals surface area contributed by atoms with Crippen LogP contribution in [0.2, 0.25) is 20.1 Å². The van der Waals surface area contributed by atoms with Gasteiger partial charge in [-0.05, 0) is 284 Å². The van der Waals surface area contributed by atoms with Crippen molar-refractivity contribution in [3.8, 4) is 12.1 Å². The largest absolute Gasteiger partial charge is 1.00 e. The van der Waals surface area contributed by atoms with Crippen molar-refractivity contribution < 1.29 is 106 Å². The number of likely N-dealkylation sites (tertiary alicyclic amines) is 3. The third kappa shape index (κ3) is 30.9. The Labute approximate surface area is 791 Å². The number of hydrogen-bond donors (Lipinski definition) is 10. The van der Waals surface area contributed by atoms with E-state index in [1.165, 1.54) is 45.8 Å². The zero-order valence-electron chi connectivity index (χ0n) is 70.6. The number of nitrogens with zero attached hydrogens (tertiary/aromatic N) is 6. The summed E-state index contributed by atoms with van der Waals surface area (Å²) >= 11 is 23.2. The smallest absolute Gasteiger partial charge is 0.662 e. The molecule has 28 nitrogen and oxygen atoms in total. The number of amides is 8. The number of rotatable bonds is 23. The minimum absolute atomic E-state index is 0. The Morgan fingerprint density at radius 1 is 0.555 bits per heavy atom. The first kappa shape index (κ1) is 105. The number of halogens is 7. The van der Waals surface area contributed by atoms with Gasteiger partial charge in [0.2, 0.25) is 17.9 Å². The van der Waals surface area contributed by atoms with Crippen molar-refractivity contribution in [3.63, 3.8) is 0 Å². The van der Waals surface area contributed by atoms with Gasteiger partial charge in [-0.15, -0.1) is 12.4 Å². The van der Waals surface area contributed by atoms with Gasteiger partial charge in [0.25, 0.3) is 6.47 Å². The van der Waals surface area contributed by atoms with E-state index in [0.717, 1.165) is 56.2 Å². The van der Waals surface area contributed by atoms with Gasteiger partial charge in [0.05, 0.1) is 67.1 Å². The van der Waals surface area contributed by atoms with Gasteiger partial charge in [0.15, 0.2) is 0 Å². The number of aliphatic carboxylic acids is 2. The zero-order valence-corrected chi connectivity index (χ0v) is 77.3. The second-order valence-corrected chi connectivity index (χ2v) is 35.4. The van der Waals surface area contributed by atoms with Gasteiger partial charge < -0.3 is 72.7 Å². The summed E-state index contributed by atoms with van der Waals surface area (Å²) in [4.78, 5) is 115. The van der Waals surface area contributed by atoms with Crippen LogP contribution in [-0.2, 0) is 55.7 Å². The number of urea groups is 3. The van der Waals surface area contributed by atoms with E-state index in [1.54, 1.807) is 158 Å². The third-order valence-corrected chi connectivity index (χ3v) is 24.3. The Morgan fingerprint density at radius 2 is 0.938 bits per heavy atom. The minimum Gasteiger partial charge on any atom is -0.662 e. The number of hydrogen-bond acceptors (Lipinski definition) is 17. The first-order chi connectivity index (χ1) is 60.3. The van der Waals surface area contributed by atoms with Crippen LogP contribution >= 0.6 is 58.8 Å². The van der Waals surface area contributed by atoms with Crippen LogP contribution in [0.15, 0.2) is 187 Å². The van der Waals surface area contributed by atoms with Crippen LogP contribution in [0.5, 0.6) is 0 Å². The minimum atomic E-state index is -1.54. The summed E-state index contributed by atoms with van der Waals surface area (Å²) in [7, 11) is -1.54. The number of nitrogens with two attached hydrogens (primary N) is 1. The fourth-order valence-electron chi connectivity index (χ4n) is 14.5. The number of carbonyl (C=O) groups excluding carboxylic acids is 7. The zero-order chi connectivity index (χ0) is 91.3. The molecule has 0 spiro atoms. The molecule has 0 aromatic heterocycles. The monoisotopic (exact) mass is 1880 g/mol. The van der Waals surface area contributed by atoms with Gasteiger partial charge in [-0.25, -0.2) is 41.7 Å². The molecule has 2 aliphatic carbocycles. The summed E-state index contributed by atoms with van der Waals surface area (Å²) in [6.45, 7) is 7.55. The molecule has 4 saturated heterocycles. The summed E-state index contributed by atoms with van der Waals surface area (Å²) in [5.74, 6) is -2.72. The van der Waals surface area contributed by atoms with Crippen molar-refractivity contribution >= 4 is 158 Å². The molecule has 11 N–H and O–H groups in total. The molecule has 8 aromatic rings. The standard InChI is InChI=1S/C35H39ClFN5O3S.C31H31ClFN5O2.C12H13ClN2O3.C7H4ClNO.C5H9NO2.CH2O3.ClH.Na/c1-34(2,3)46(45)41-35(18-17-23-9-10-23,25-7-4-6-24(20-25)22-38)26-11-16-29(37)30(21-26)40-32(43)31-8-5-19-42(31)33(44)39-28-14-12-27(36)13-15-28;32-24-9-11-25(12-10-24)36-30(40)38-16-2-5-28(38)29(39)37-27-18-23(8-13-26(27)33)31(35,15-14-20-6-7-20)22-4-1-3-21(17-22)19-34;13-8-3-5-9(6-4-8)14-12(18)15-7-1-2-10(15)11(16)17;8-6-1-3-7(4-2-6)9-5-10;7-5(8)4-2-1-3-6-4;2-1-4-3;;/h4,6-7,11-16,20-21,23,31,41H,5,8-10,17-19H2,1-3H3,(H,39,44)(H,40,43);1,3-4,8-13,17-18,20,28H,2,5-7,14-16,35H2,(H,36,40)(H,37,39);3-6,10H,1-2,7H2,(H,14,18)(H,16,17);1-4H;4,6H,1-3H2,(H,7,8);1,3H;1H;/q;;;;;;;+1/p-1/t31-,35?,46-;28-,31?;10-;;4-;;;/m111.1.../s1. The summed E-state index contributed by atoms with van der Waals surface area (Å²) in [6, 6.07) is 50.6. The first-order valence-corrected chi connectivity index (χ1v) is 43.4. The Bertz CT molecular complexity index is 5300. The number of aliphatic imine (C=N–C) groups is 1. The Hall–Kier alpha value is -10.4. The molecule has 2 saturated carbocycles. The summed E-state index contributed by atoms with van der Waals surface area (Å²) < 4.78 is 47.0. The molecule has 6 fully saturated rings. The maximum Gasteiger partial charge on any atom is 1.00 e. The van der Waals surface area contributed by atoms with Gasteiger partial charge in [0.1, 0.15) is 35.8 Å². The van der Waals surface area contributed by atoms with E-state index < -0.39 is 92.4 Å². The van der Waals surface area contributed by atoms with Crippen LogP contribution < -0.4 is 77.2 Å². The van der Waals surface area contributed by atoms with Crippen molar-refractivity contribution in [2.75, 3.05) is 52.8 Å². The molecule has 14 rings (SSSR count).